The van der Waals surface area contributed by atoms with Gasteiger partial charge >= 0.3 is 0 Å². The first-order valence-corrected chi connectivity index (χ1v) is 7.76. The van der Waals surface area contributed by atoms with E-state index >= 15 is 0 Å². The molecule has 0 saturated heterocycles. The second-order valence-electron chi connectivity index (χ2n) is 5.10. The Hall–Kier alpha value is -0.800. The normalized spacial score (nSPS) is 15.9. The lowest BCUT2D eigenvalue weighted by Gasteiger charge is -2.29. The minimum absolute atomic E-state index is 0.658. The van der Waals surface area contributed by atoms with E-state index in [1.807, 2.05) is 6.07 Å². The molecule has 1 aromatic heterocycles. The van der Waals surface area contributed by atoms with Gasteiger partial charge in [0.05, 0.1) is 10.7 Å². The highest BCUT2D eigenvalue weighted by molar-refractivity contribution is 6.31. The topological polar surface area (TPSA) is 28.2 Å². The molecule has 19 heavy (non-hydrogen) atoms. The molecule has 0 bridgehead atoms. The monoisotopic (exact) mass is 281 g/mol. The first-order chi connectivity index (χ1) is 9.26. The Morgan fingerprint density at radius 2 is 2.05 bits per heavy atom. The van der Waals surface area contributed by atoms with Gasteiger partial charge < -0.3 is 10.2 Å². The van der Waals surface area contributed by atoms with Gasteiger partial charge in [-0.15, -0.1) is 0 Å². The zero-order valence-corrected chi connectivity index (χ0v) is 12.7. The van der Waals surface area contributed by atoms with E-state index in [1.54, 1.807) is 0 Å². The van der Waals surface area contributed by atoms with Crippen molar-refractivity contribution >= 4 is 17.4 Å². The van der Waals surface area contributed by atoms with Crippen LogP contribution in [0.15, 0.2) is 12.1 Å². The molecule has 0 radical (unpaired) electrons. The summed E-state index contributed by atoms with van der Waals surface area (Å²) < 4.78 is 0. The molecule has 2 rings (SSSR count). The highest BCUT2D eigenvalue weighted by atomic mass is 35.5. The molecule has 1 saturated carbocycles. The van der Waals surface area contributed by atoms with Crippen molar-refractivity contribution in [2.45, 2.75) is 52.1 Å². The van der Waals surface area contributed by atoms with Crippen molar-refractivity contribution < 1.29 is 0 Å². The summed E-state index contributed by atoms with van der Waals surface area (Å²) in [4.78, 5) is 7.19. The third-order valence-corrected chi connectivity index (χ3v) is 4.19. The van der Waals surface area contributed by atoms with Crippen LogP contribution in [-0.2, 0) is 6.54 Å². The average molecular weight is 282 g/mol. The summed E-state index contributed by atoms with van der Waals surface area (Å²) in [6, 6.07) is 4.69. The molecule has 1 N–H and O–H groups in total. The molecule has 0 atom stereocenters. The Kier molecular flexibility index (Phi) is 5.46. The largest absolute Gasteiger partial charge is 0.354 e. The first-order valence-electron chi connectivity index (χ1n) is 7.39. The maximum Gasteiger partial charge on any atom is 0.129 e. The Morgan fingerprint density at radius 1 is 1.32 bits per heavy atom. The molecule has 0 aliphatic heterocycles. The summed E-state index contributed by atoms with van der Waals surface area (Å²) in [6.45, 7) is 6.99. The molecule has 0 aromatic carbocycles. The predicted molar refractivity (Wildman–Crippen MR) is 81.9 cm³/mol. The fourth-order valence-corrected chi connectivity index (χ4v) is 3.00. The number of pyridine rings is 1. The quantitative estimate of drug-likeness (QED) is 0.863. The lowest BCUT2D eigenvalue weighted by atomic mass is 10.2. The van der Waals surface area contributed by atoms with Gasteiger partial charge in [-0.2, -0.15) is 0 Å². The lowest BCUT2D eigenvalue weighted by molar-refractivity contribution is 0.610. The molecule has 3 nitrogen and oxygen atoms in total. The molecule has 1 aromatic rings. The Labute approximate surface area is 121 Å². The van der Waals surface area contributed by atoms with Crippen LogP contribution in [0.5, 0.6) is 0 Å². The van der Waals surface area contributed by atoms with Crippen LogP contribution in [0.25, 0.3) is 0 Å². The van der Waals surface area contributed by atoms with Crippen LogP contribution in [0, 0.1) is 0 Å². The van der Waals surface area contributed by atoms with Crippen LogP contribution in [0.3, 0.4) is 0 Å². The maximum atomic E-state index is 6.22. The number of hydrogen-bond acceptors (Lipinski definition) is 3. The number of nitrogens with zero attached hydrogens (tertiary/aromatic N) is 2. The standard InChI is InChI=1S/C15H24ClN3/c1-3-17-11-14-13(16)9-10-15(18-14)19(4-2)12-7-5-6-8-12/h9-10,12,17H,3-8,11H2,1-2H3. The number of aromatic nitrogens is 1. The van der Waals surface area contributed by atoms with Crippen LogP contribution >= 0.6 is 11.6 Å². The molecule has 1 fully saturated rings. The van der Waals surface area contributed by atoms with Gasteiger partial charge in [-0.3, -0.25) is 0 Å². The van der Waals surface area contributed by atoms with E-state index < -0.39 is 0 Å². The number of hydrogen-bond donors (Lipinski definition) is 1. The summed E-state index contributed by atoms with van der Waals surface area (Å²) in [7, 11) is 0. The average Bonchev–Trinajstić information content (AvgIpc) is 2.94. The van der Waals surface area contributed by atoms with Crippen LogP contribution < -0.4 is 10.2 Å². The Balaban J connectivity index is 2.17. The van der Waals surface area contributed by atoms with Gasteiger partial charge in [0, 0.05) is 19.1 Å². The second kappa shape index (κ2) is 7.11. The predicted octanol–water partition coefficient (Wildman–Crippen LogP) is 3.61. The first kappa shape index (κ1) is 14.6. The third kappa shape index (κ3) is 3.61. The van der Waals surface area contributed by atoms with Gasteiger partial charge in [0.25, 0.3) is 0 Å². The van der Waals surface area contributed by atoms with Crippen molar-refractivity contribution in [2.24, 2.45) is 0 Å². The zero-order chi connectivity index (χ0) is 13.7. The fourth-order valence-electron chi connectivity index (χ4n) is 2.82. The van der Waals surface area contributed by atoms with Crippen molar-refractivity contribution in [3.63, 3.8) is 0 Å². The van der Waals surface area contributed by atoms with Crippen molar-refractivity contribution in [3.05, 3.63) is 22.8 Å². The van der Waals surface area contributed by atoms with Gasteiger partial charge in [0.15, 0.2) is 0 Å². The van der Waals surface area contributed by atoms with Crippen molar-refractivity contribution in [2.75, 3.05) is 18.0 Å². The Bertz CT molecular complexity index is 402. The van der Waals surface area contributed by atoms with E-state index in [0.29, 0.717) is 6.04 Å². The summed E-state index contributed by atoms with van der Waals surface area (Å²) in [5.74, 6) is 1.08. The molecular weight excluding hydrogens is 258 g/mol. The van der Waals surface area contributed by atoms with Crippen LogP contribution in [-0.4, -0.2) is 24.1 Å². The van der Waals surface area contributed by atoms with Gasteiger partial charge in [0.1, 0.15) is 5.82 Å². The lowest BCUT2D eigenvalue weighted by Crippen LogP contribution is -2.34. The molecule has 0 unspecified atom stereocenters. The van der Waals surface area contributed by atoms with Crippen molar-refractivity contribution in [3.8, 4) is 0 Å². The van der Waals surface area contributed by atoms with Gasteiger partial charge in [0.2, 0.25) is 0 Å². The molecule has 1 aliphatic rings. The van der Waals surface area contributed by atoms with E-state index in [9.17, 15) is 0 Å². The molecule has 4 heteroatoms. The van der Waals surface area contributed by atoms with Crippen molar-refractivity contribution in [1.82, 2.24) is 10.3 Å². The molecular formula is C15H24ClN3. The van der Waals surface area contributed by atoms with Crippen LogP contribution in [0.4, 0.5) is 5.82 Å². The highest BCUT2D eigenvalue weighted by Crippen LogP contribution is 2.28. The summed E-state index contributed by atoms with van der Waals surface area (Å²) in [5.41, 5.74) is 0.956. The number of nitrogens with one attached hydrogen (secondary N) is 1. The van der Waals surface area contributed by atoms with Crippen LogP contribution in [0.2, 0.25) is 5.02 Å². The fraction of sp³-hybridized carbons (Fsp3) is 0.667. The van der Waals surface area contributed by atoms with E-state index in [-0.39, 0.29) is 0 Å². The highest BCUT2D eigenvalue weighted by Gasteiger charge is 2.22. The summed E-state index contributed by atoms with van der Waals surface area (Å²) >= 11 is 6.22. The van der Waals surface area contributed by atoms with Gasteiger partial charge in [-0.1, -0.05) is 31.4 Å². The minimum atomic E-state index is 0.658. The maximum absolute atomic E-state index is 6.22. The van der Waals surface area contributed by atoms with Crippen molar-refractivity contribution in [1.29, 1.82) is 0 Å². The Morgan fingerprint density at radius 3 is 2.68 bits per heavy atom. The third-order valence-electron chi connectivity index (χ3n) is 3.85. The summed E-state index contributed by atoms with van der Waals surface area (Å²) in [6.07, 6.45) is 5.28. The number of anilines is 1. The second-order valence-corrected chi connectivity index (χ2v) is 5.51. The molecule has 106 valence electrons. The molecule has 1 aliphatic carbocycles. The van der Waals surface area contributed by atoms with E-state index in [1.165, 1.54) is 25.7 Å². The smallest absolute Gasteiger partial charge is 0.129 e. The van der Waals surface area contributed by atoms with E-state index in [2.05, 4.69) is 30.1 Å². The van der Waals surface area contributed by atoms with Gasteiger partial charge in [-0.05, 0) is 38.4 Å². The SMILES string of the molecule is CCNCc1nc(N(CC)C2CCCC2)ccc1Cl. The molecule has 0 amide bonds. The minimum Gasteiger partial charge on any atom is -0.354 e. The van der Waals surface area contributed by atoms with E-state index in [4.69, 9.17) is 16.6 Å². The van der Waals surface area contributed by atoms with Crippen LogP contribution in [0.1, 0.15) is 45.2 Å². The molecule has 0 spiro atoms. The summed E-state index contributed by atoms with van der Waals surface area (Å²) in [5, 5.41) is 4.05. The number of rotatable bonds is 6. The molecule has 1 heterocycles. The van der Waals surface area contributed by atoms with E-state index in [0.717, 1.165) is 36.2 Å². The zero-order valence-electron chi connectivity index (χ0n) is 12.0. The van der Waals surface area contributed by atoms with Gasteiger partial charge in [-0.25, -0.2) is 4.98 Å². The number of halogens is 1.